The van der Waals surface area contributed by atoms with E-state index in [0.717, 1.165) is 17.4 Å². The van der Waals surface area contributed by atoms with Gasteiger partial charge in [-0.25, -0.2) is 13.9 Å². The van der Waals surface area contributed by atoms with Crippen LogP contribution >= 0.6 is 0 Å². The monoisotopic (exact) mass is 298 g/mol. The lowest BCUT2D eigenvalue weighted by atomic mass is 9.95. The second-order valence-electron chi connectivity index (χ2n) is 4.70. The minimum Gasteiger partial charge on any atom is -0.274 e. The summed E-state index contributed by atoms with van der Waals surface area (Å²) in [5, 5.41) is 0. The number of fused-ring (bicyclic) bond motifs is 1. The summed E-state index contributed by atoms with van der Waals surface area (Å²) in [7, 11) is -3.47. The van der Waals surface area contributed by atoms with Crippen molar-refractivity contribution < 1.29 is 18.0 Å². The van der Waals surface area contributed by atoms with Crippen LogP contribution in [0, 0.1) is 0 Å². The molecule has 0 bridgehead atoms. The molecule has 20 heavy (non-hydrogen) atoms. The second kappa shape index (κ2) is 5.90. The Morgan fingerprint density at radius 2 is 2.05 bits per heavy atom. The molecule has 0 saturated carbocycles. The van der Waals surface area contributed by atoms with E-state index in [9.17, 15) is 13.2 Å². The first-order chi connectivity index (χ1) is 9.43. The number of carbonyl (C=O) groups is 1. The highest BCUT2D eigenvalue weighted by molar-refractivity contribution is 7.88. The van der Waals surface area contributed by atoms with Crippen LogP contribution in [0.5, 0.6) is 0 Å². The van der Waals surface area contributed by atoms with Gasteiger partial charge >= 0.3 is 0 Å². The Kier molecular flexibility index (Phi) is 4.42. The van der Waals surface area contributed by atoms with Gasteiger partial charge in [-0.1, -0.05) is 24.3 Å². The number of hydrogen-bond donors (Lipinski definition) is 1. The third-order valence-corrected chi connectivity index (χ3v) is 4.49. The molecule has 1 N–H and O–H groups in total. The van der Waals surface area contributed by atoms with Crippen molar-refractivity contribution in [3.8, 4) is 0 Å². The molecule has 1 aliphatic rings. The van der Waals surface area contributed by atoms with Crippen molar-refractivity contribution in [1.29, 1.82) is 0 Å². The molecule has 0 fully saturated rings. The van der Waals surface area contributed by atoms with E-state index in [1.54, 1.807) is 6.92 Å². The average molecular weight is 298 g/mol. The van der Waals surface area contributed by atoms with Gasteiger partial charge in [-0.15, -0.1) is 0 Å². The van der Waals surface area contributed by atoms with Crippen molar-refractivity contribution in [1.82, 2.24) is 9.79 Å². The third-order valence-electron chi connectivity index (χ3n) is 3.25. The molecule has 110 valence electrons. The predicted octanol–water partition coefficient (Wildman–Crippen LogP) is 0.441. The third kappa shape index (κ3) is 3.17. The Morgan fingerprint density at radius 1 is 1.40 bits per heavy atom. The number of hydrogen-bond acceptors (Lipinski definition) is 4. The Bertz CT molecular complexity index is 600. The fourth-order valence-corrected chi connectivity index (χ4v) is 3.29. The lowest BCUT2D eigenvalue weighted by Crippen LogP contribution is -2.52. The zero-order chi connectivity index (χ0) is 14.8. The van der Waals surface area contributed by atoms with Crippen LogP contribution in [0.25, 0.3) is 0 Å². The Hall–Kier alpha value is -1.44. The number of benzene rings is 1. The van der Waals surface area contributed by atoms with Gasteiger partial charge < -0.3 is 0 Å². The minimum atomic E-state index is -3.47. The van der Waals surface area contributed by atoms with Crippen LogP contribution in [0.15, 0.2) is 24.3 Å². The highest BCUT2D eigenvalue weighted by Gasteiger charge is 2.36. The molecule has 1 heterocycles. The number of nitrogens with zero attached hydrogens (tertiary/aromatic N) is 1. The first-order valence-electron chi connectivity index (χ1n) is 6.38. The molecule has 1 aromatic carbocycles. The predicted molar refractivity (Wildman–Crippen MR) is 74.1 cm³/mol. The number of amides is 1. The molecule has 0 saturated heterocycles. The lowest BCUT2D eigenvalue weighted by molar-refractivity contribution is -0.137. The molecule has 6 nitrogen and oxygen atoms in total. The zero-order valence-electron chi connectivity index (χ0n) is 11.5. The zero-order valence-corrected chi connectivity index (χ0v) is 12.3. The molecule has 1 amide bonds. The van der Waals surface area contributed by atoms with Gasteiger partial charge in [0.2, 0.25) is 10.0 Å². The van der Waals surface area contributed by atoms with Gasteiger partial charge in [0.1, 0.15) is 6.04 Å². The van der Waals surface area contributed by atoms with Crippen LogP contribution in [-0.4, -0.2) is 37.5 Å². The number of nitrogens with one attached hydrogen (secondary N) is 1. The highest BCUT2D eigenvalue weighted by Crippen LogP contribution is 2.25. The van der Waals surface area contributed by atoms with E-state index >= 15 is 0 Å². The Morgan fingerprint density at radius 3 is 2.65 bits per heavy atom. The molecular weight excluding hydrogens is 280 g/mol. The van der Waals surface area contributed by atoms with Crippen LogP contribution in [0.2, 0.25) is 0 Å². The number of hydroxylamine groups is 1. The molecule has 1 aromatic rings. The topological polar surface area (TPSA) is 75.7 Å². The lowest BCUT2D eigenvalue weighted by Gasteiger charge is -2.33. The summed E-state index contributed by atoms with van der Waals surface area (Å²) in [6.07, 6.45) is 1.46. The van der Waals surface area contributed by atoms with Crippen molar-refractivity contribution in [2.75, 3.05) is 12.9 Å². The molecule has 0 unspecified atom stereocenters. The van der Waals surface area contributed by atoms with Crippen molar-refractivity contribution >= 4 is 15.9 Å². The molecular formula is C13H18N2O4S. The maximum absolute atomic E-state index is 12.1. The Balaban J connectivity index is 2.30. The standard InChI is InChI=1S/C13H18N2O4S/c1-3-19-14-13(16)12-8-10-6-4-5-7-11(10)9-15(12)20(2,17)18/h4-7,12H,3,8-9H2,1-2H3,(H,14,16)/t12-/m1/s1. The van der Waals surface area contributed by atoms with Crippen molar-refractivity contribution in [3.63, 3.8) is 0 Å². The van der Waals surface area contributed by atoms with Crippen molar-refractivity contribution in [2.45, 2.75) is 25.9 Å². The van der Waals surface area contributed by atoms with Gasteiger partial charge in [-0.3, -0.25) is 9.63 Å². The highest BCUT2D eigenvalue weighted by atomic mass is 32.2. The van der Waals surface area contributed by atoms with E-state index in [0.29, 0.717) is 13.0 Å². The van der Waals surface area contributed by atoms with Gasteiger partial charge in [0.15, 0.2) is 0 Å². The summed E-state index contributed by atoms with van der Waals surface area (Å²) >= 11 is 0. The van der Waals surface area contributed by atoms with E-state index < -0.39 is 22.0 Å². The number of sulfonamides is 1. The van der Waals surface area contributed by atoms with E-state index in [-0.39, 0.29) is 6.54 Å². The normalized spacial score (nSPS) is 19.4. The quantitative estimate of drug-likeness (QED) is 0.819. The summed E-state index contributed by atoms with van der Waals surface area (Å²) in [5.41, 5.74) is 4.21. The maximum Gasteiger partial charge on any atom is 0.262 e. The summed E-state index contributed by atoms with van der Waals surface area (Å²) in [6.45, 7) is 2.28. The van der Waals surface area contributed by atoms with E-state index in [4.69, 9.17) is 4.84 Å². The summed E-state index contributed by atoms with van der Waals surface area (Å²) in [6, 6.07) is 6.76. The maximum atomic E-state index is 12.1. The van der Waals surface area contributed by atoms with Gasteiger partial charge in [0.05, 0.1) is 12.9 Å². The number of carbonyl (C=O) groups excluding carboxylic acids is 1. The van der Waals surface area contributed by atoms with Crippen LogP contribution < -0.4 is 5.48 Å². The van der Waals surface area contributed by atoms with Gasteiger partial charge in [-0.05, 0) is 24.5 Å². The first kappa shape index (κ1) is 15.0. The van der Waals surface area contributed by atoms with Crippen molar-refractivity contribution in [2.24, 2.45) is 0 Å². The van der Waals surface area contributed by atoms with E-state index in [2.05, 4.69) is 5.48 Å². The largest absolute Gasteiger partial charge is 0.274 e. The van der Waals surface area contributed by atoms with Crippen LogP contribution in [-0.2, 0) is 32.6 Å². The summed E-state index contributed by atoms with van der Waals surface area (Å²) in [4.78, 5) is 17.0. The second-order valence-corrected chi connectivity index (χ2v) is 6.63. The minimum absolute atomic E-state index is 0.208. The summed E-state index contributed by atoms with van der Waals surface area (Å²) in [5.74, 6) is -0.438. The van der Waals surface area contributed by atoms with Crippen LogP contribution in [0.1, 0.15) is 18.1 Å². The molecule has 1 aliphatic heterocycles. The molecule has 2 rings (SSSR count). The average Bonchev–Trinajstić information content (AvgIpc) is 2.42. The molecule has 7 heteroatoms. The SMILES string of the molecule is CCONC(=O)[C@H]1Cc2ccccc2CN1S(C)(=O)=O. The van der Waals surface area contributed by atoms with Crippen LogP contribution in [0.4, 0.5) is 0 Å². The molecule has 0 spiro atoms. The van der Waals surface area contributed by atoms with Crippen LogP contribution in [0.3, 0.4) is 0 Å². The fraction of sp³-hybridized carbons (Fsp3) is 0.462. The van der Waals surface area contributed by atoms with Gasteiger partial charge in [0, 0.05) is 6.54 Å². The molecule has 0 radical (unpaired) electrons. The molecule has 0 aliphatic carbocycles. The van der Waals surface area contributed by atoms with E-state index in [1.807, 2.05) is 24.3 Å². The molecule has 1 atom stereocenters. The Labute approximate surface area is 118 Å². The van der Waals surface area contributed by atoms with E-state index in [1.165, 1.54) is 4.31 Å². The first-order valence-corrected chi connectivity index (χ1v) is 8.23. The fourth-order valence-electron chi connectivity index (χ4n) is 2.28. The smallest absolute Gasteiger partial charge is 0.262 e. The molecule has 0 aromatic heterocycles. The summed E-state index contributed by atoms with van der Waals surface area (Å²) < 4.78 is 25.0. The van der Waals surface area contributed by atoms with Gasteiger partial charge in [0.25, 0.3) is 5.91 Å². The van der Waals surface area contributed by atoms with Crippen molar-refractivity contribution in [3.05, 3.63) is 35.4 Å². The van der Waals surface area contributed by atoms with Gasteiger partial charge in [-0.2, -0.15) is 4.31 Å². The number of rotatable bonds is 4.